The molecule has 7 heteroatoms. The topological polar surface area (TPSA) is 52.6 Å². The zero-order chi connectivity index (χ0) is 15.2. The molecule has 0 heterocycles. The van der Waals surface area contributed by atoms with E-state index in [0.29, 0.717) is 20.9 Å². The first-order valence-electron chi connectivity index (χ1n) is 6.00. The standard InChI is InChI=1S/2C7H6O2S.Hg/c2*8-7(9)5-3-1-2-4-6(5)10;/h2*1-4,10H,(H,8,9);/q;;+2/p-2. The summed E-state index contributed by atoms with van der Waals surface area (Å²) in [5, 5.41) is 0. The molecule has 0 N–H and O–H groups in total. The van der Waals surface area contributed by atoms with E-state index in [4.69, 9.17) is 5.29 Å². The molecule has 0 aliphatic rings. The van der Waals surface area contributed by atoms with Crippen LogP contribution in [0.4, 0.5) is 0 Å². The monoisotopic (exact) mass is 508 g/mol. The van der Waals surface area contributed by atoms with Crippen molar-refractivity contribution in [2.24, 2.45) is 0 Å². The molecule has 2 aromatic carbocycles. The fourth-order valence-corrected chi connectivity index (χ4v) is 4.36. The Hall–Kier alpha value is -0.985. The minimum atomic E-state index is -2.55. The molecule has 0 aromatic heterocycles. The molecule has 2 rings (SSSR count). The van der Waals surface area contributed by atoms with Crippen LogP contribution in [0.2, 0.25) is 0 Å². The van der Waals surface area contributed by atoms with Gasteiger partial charge in [0.15, 0.2) is 0 Å². The fraction of sp³-hybridized carbons (Fsp3) is 0. The van der Waals surface area contributed by atoms with Crippen molar-refractivity contribution in [3.05, 3.63) is 59.7 Å². The van der Waals surface area contributed by atoms with E-state index in [9.17, 15) is 9.59 Å². The van der Waals surface area contributed by atoms with Gasteiger partial charge in [-0.05, 0) is 0 Å². The summed E-state index contributed by atoms with van der Waals surface area (Å²) in [6, 6.07) is 13.6. The van der Waals surface area contributed by atoms with Gasteiger partial charge in [0.1, 0.15) is 0 Å². The Balaban J connectivity index is 1.90. The molecule has 0 saturated heterocycles. The van der Waals surface area contributed by atoms with Gasteiger partial charge in [0, 0.05) is 0 Å². The molecule has 0 aliphatic carbocycles. The SMILES string of the molecule is O=C([O][Hg][O]C(=O)c1ccccc1S)c1ccccc1S. The molecule has 0 amide bonds. The number of hydrogen-bond acceptors (Lipinski definition) is 6. The van der Waals surface area contributed by atoms with Gasteiger partial charge >= 0.3 is 147 Å². The number of rotatable bonds is 4. The van der Waals surface area contributed by atoms with Gasteiger partial charge in [-0.2, -0.15) is 0 Å². The molecule has 0 saturated carbocycles. The van der Waals surface area contributed by atoms with Crippen LogP contribution in [0.25, 0.3) is 0 Å². The Morgan fingerprint density at radius 1 is 0.762 bits per heavy atom. The maximum absolute atomic E-state index is 11.8. The van der Waals surface area contributed by atoms with Crippen molar-refractivity contribution in [3.63, 3.8) is 0 Å². The van der Waals surface area contributed by atoms with E-state index >= 15 is 0 Å². The van der Waals surface area contributed by atoms with Crippen LogP contribution in [0, 0.1) is 0 Å². The summed E-state index contributed by atoms with van der Waals surface area (Å²) < 4.78 is 10.2. The predicted molar refractivity (Wildman–Crippen MR) is 78.2 cm³/mol. The predicted octanol–water partition coefficient (Wildman–Crippen LogP) is 3.19. The van der Waals surface area contributed by atoms with Gasteiger partial charge in [0.05, 0.1) is 0 Å². The minimum absolute atomic E-state index is 0.367. The van der Waals surface area contributed by atoms with Crippen LogP contribution < -0.4 is 0 Å². The first-order valence-corrected chi connectivity index (χ1v) is 11.4. The third kappa shape index (κ3) is 4.49. The van der Waals surface area contributed by atoms with E-state index in [1.807, 2.05) is 0 Å². The summed E-state index contributed by atoms with van der Waals surface area (Å²) >= 11 is 5.80. The van der Waals surface area contributed by atoms with Gasteiger partial charge in [-0.15, -0.1) is 0 Å². The average molecular weight is 507 g/mol. The number of thiol groups is 2. The van der Waals surface area contributed by atoms with E-state index in [2.05, 4.69) is 25.3 Å². The van der Waals surface area contributed by atoms with Gasteiger partial charge in [0.25, 0.3) is 0 Å². The van der Waals surface area contributed by atoms with Gasteiger partial charge in [-0.25, -0.2) is 0 Å². The van der Waals surface area contributed by atoms with Gasteiger partial charge in [-0.3, -0.25) is 0 Å². The first-order chi connectivity index (χ1) is 10.1. The number of benzene rings is 2. The number of carbonyl (C=O) groups is 2. The van der Waals surface area contributed by atoms with Crippen LogP contribution in [0.3, 0.4) is 0 Å². The third-order valence-electron chi connectivity index (χ3n) is 2.63. The van der Waals surface area contributed by atoms with E-state index in [-0.39, 0.29) is 0 Å². The molecule has 2 aromatic rings. The van der Waals surface area contributed by atoms with Crippen molar-refractivity contribution in [1.82, 2.24) is 0 Å². The Morgan fingerprint density at radius 3 is 1.52 bits per heavy atom. The second-order valence-corrected chi connectivity index (χ2v) is 8.14. The summed E-state index contributed by atoms with van der Waals surface area (Å²) in [6.45, 7) is 0. The van der Waals surface area contributed by atoms with Gasteiger partial charge < -0.3 is 0 Å². The molecule has 0 spiro atoms. The second-order valence-electron chi connectivity index (χ2n) is 4.02. The summed E-state index contributed by atoms with van der Waals surface area (Å²) in [5.74, 6) is -1.01. The van der Waals surface area contributed by atoms with E-state index in [0.717, 1.165) is 0 Å². The van der Waals surface area contributed by atoms with Gasteiger partial charge in [0.2, 0.25) is 0 Å². The molecule has 21 heavy (non-hydrogen) atoms. The van der Waals surface area contributed by atoms with Crippen LogP contribution in [-0.4, -0.2) is 11.9 Å². The normalized spacial score (nSPS) is 9.62. The molecule has 0 aliphatic heterocycles. The summed E-state index contributed by atoms with van der Waals surface area (Å²) in [5.41, 5.74) is 0.734. The van der Waals surface area contributed by atoms with Crippen LogP contribution in [0.1, 0.15) is 20.7 Å². The quantitative estimate of drug-likeness (QED) is 0.494. The summed E-state index contributed by atoms with van der Waals surface area (Å²) in [6.07, 6.45) is 0. The van der Waals surface area contributed by atoms with Crippen LogP contribution in [0.5, 0.6) is 0 Å². The number of carbonyl (C=O) groups excluding carboxylic acids is 2. The van der Waals surface area contributed by atoms with Crippen molar-refractivity contribution < 1.29 is 40.4 Å². The van der Waals surface area contributed by atoms with Crippen molar-refractivity contribution in [1.29, 1.82) is 0 Å². The summed E-state index contributed by atoms with van der Waals surface area (Å²) in [7, 11) is 0. The van der Waals surface area contributed by atoms with E-state index in [1.54, 1.807) is 48.5 Å². The zero-order valence-corrected chi connectivity index (χ0v) is 18.1. The Labute approximate surface area is 146 Å². The van der Waals surface area contributed by atoms with E-state index < -0.39 is 37.4 Å². The summed E-state index contributed by atoms with van der Waals surface area (Å²) in [4.78, 5) is 24.7. The van der Waals surface area contributed by atoms with Crippen LogP contribution in [0.15, 0.2) is 58.3 Å². The Kier molecular flexibility index (Phi) is 6.14. The Morgan fingerprint density at radius 2 is 1.14 bits per heavy atom. The molecular formula is C14H10HgO4S2. The molecule has 104 valence electrons. The molecular weight excluding hydrogens is 497 g/mol. The molecule has 0 radical (unpaired) electrons. The molecule has 0 unspecified atom stereocenters. The number of hydrogen-bond donors (Lipinski definition) is 2. The zero-order valence-electron chi connectivity index (χ0n) is 10.9. The molecule has 0 atom stereocenters. The maximum atomic E-state index is 11.8. The van der Waals surface area contributed by atoms with Crippen molar-refractivity contribution in [2.75, 3.05) is 0 Å². The Bertz CT molecular complexity index is 618. The average Bonchev–Trinajstić information content (AvgIpc) is 2.48. The van der Waals surface area contributed by atoms with Crippen molar-refractivity contribution >= 4 is 37.2 Å². The van der Waals surface area contributed by atoms with E-state index in [1.165, 1.54) is 0 Å². The van der Waals surface area contributed by atoms with Crippen molar-refractivity contribution in [2.45, 2.75) is 9.79 Å². The molecule has 0 fully saturated rings. The fourth-order valence-electron chi connectivity index (χ4n) is 1.58. The van der Waals surface area contributed by atoms with Crippen molar-refractivity contribution in [3.8, 4) is 0 Å². The van der Waals surface area contributed by atoms with Crippen LogP contribution >= 0.6 is 25.3 Å². The molecule has 4 nitrogen and oxygen atoms in total. The van der Waals surface area contributed by atoms with Crippen LogP contribution in [-0.2, 0) is 30.8 Å². The third-order valence-corrected chi connectivity index (χ3v) is 6.36. The molecule has 0 bridgehead atoms. The van der Waals surface area contributed by atoms with Gasteiger partial charge in [-0.1, -0.05) is 0 Å². The first kappa shape index (κ1) is 16.4. The second kappa shape index (κ2) is 7.86.